The summed E-state index contributed by atoms with van der Waals surface area (Å²) >= 11 is 0. The molecule has 0 unspecified atom stereocenters. The normalized spacial score (nSPS) is 12.9. The first kappa shape index (κ1) is 11.6. The summed E-state index contributed by atoms with van der Waals surface area (Å²) in [6.45, 7) is 0. The first-order chi connectivity index (χ1) is 7.03. The van der Waals surface area contributed by atoms with Crippen LogP contribution >= 0.6 is 0 Å². The highest BCUT2D eigenvalue weighted by atomic mass is 32.2. The van der Waals surface area contributed by atoms with Crippen molar-refractivity contribution in [3.63, 3.8) is 0 Å². The Hall–Kier alpha value is -1.52. The van der Waals surface area contributed by atoms with Crippen molar-refractivity contribution in [1.29, 1.82) is 0 Å². The molecule has 80 valence electrons. The molecule has 0 N–H and O–H groups in total. The van der Waals surface area contributed by atoms with Gasteiger partial charge >= 0.3 is 0 Å². The molecule has 0 aliphatic rings. The third kappa shape index (κ3) is 4.01. The molecule has 0 radical (unpaired) electrons. The monoisotopic (exact) mass is 225 g/mol. The summed E-state index contributed by atoms with van der Waals surface area (Å²) in [5, 5.41) is 3.48. The molecule has 15 heavy (non-hydrogen) atoms. The van der Waals surface area contributed by atoms with Crippen LogP contribution in [0.4, 0.5) is 0 Å². The minimum atomic E-state index is -3.16. The quantitative estimate of drug-likeness (QED) is 0.446. The number of hydrogen-bond acceptors (Lipinski definition) is 3. The van der Waals surface area contributed by atoms with Gasteiger partial charge in [-0.25, -0.2) is 8.42 Å². The summed E-state index contributed by atoms with van der Waals surface area (Å²) in [5.74, 6) is -0.166. The number of azide groups is 1. The number of nitrogens with zero attached hydrogens (tertiary/aromatic N) is 3. The van der Waals surface area contributed by atoms with E-state index in [0.717, 1.165) is 6.26 Å². The summed E-state index contributed by atoms with van der Waals surface area (Å²) in [6, 6.07) is 8.20. The lowest BCUT2D eigenvalue weighted by atomic mass is 10.1. The fourth-order valence-electron chi connectivity index (χ4n) is 1.22. The maximum atomic E-state index is 11.1. The van der Waals surface area contributed by atoms with Gasteiger partial charge in [-0.2, -0.15) is 0 Å². The Kier molecular flexibility index (Phi) is 3.71. The molecular formula is C9H11N3O2S. The summed E-state index contributed by atoms with van der Waals surface area (Å²) in [5.41, 5.74) is 9.07. The Morgan fingerprint density at radius 1 is 1.40 bits per heavy atom. The molecule has 1 aromatic carbocycles. The maximum Gasteiger partial charge on any atom is 0.148 e. The highest BCUT2D eigenvalue weighted by molar-refractivity contribution is 7.90. The van der Waals surface area contributed by atoms with Crippen LogP contribution in [0.1, 0.15) is 11.6 Å². The standard InChI is InChI=1S/C9H11N3O2S/c1-15(13,14)7-9(11-12-10)8-5-3-2-4-6-8/h2-6,9H,7H2,1H3/t9-/m0/s1. The number of benzene rings is 1. The van der Waals surface area contributed by atoms with E-state index in [-0.39, 0.29) is 5.75 Å². The van der Waals surface area contributed by atoms with Crippen LogP contribution in [0.3, 0.4) is 0 Å². The molecule has 6 heteroatoms. The number of hydrogen-bond donors (Lipinski definition) is 0. The van der Waals surface area contributed by atoms with Gasteiger partial charge in [-0.1, -0.05) is 35.4 Å². The lowest BCUT2D eigenvalue weighted by Gasteiger charge is -2.09. The fourth-order valence-corrected chi connectivity index (χ4v) is 2.05. The van der Waals surface area contributed by atoms with Crippen molar-refractivity contribution in [3.05, 3.63) is 46.3 Å². The average molecular weight is 225 g/mol. The summed E-state index contributed by atoms with van der Waals surface area (Å²) < 4.78 is 22.2. The Morgan fingerprint density at radius 3 is 2.47 bits per heavy atom. The Bertz CT molecular complexity index is 463. The molecular weight excluding hydrogens is 214 g/mol. The molecule has 5 nitrogen and oxygen atoms in total. The van der Waals surface area contributed by atoms with Crippen LogP contribution in [0, 0.1) is 0 Å². The van der Waals surface area contributed by atoms with Crippen LogP contribution in [0.5, 0.6) is 0 Å². The van der Waals surface area contributed by atoms with Gasteiger partial charge in [0.1, 0.15) is 9.84 Å². The predicted molar refractivity (Wildman–Crippen MR) is 58.0 cm³/mol. The minimum absolute atomic E-state index is 0.166. The van der Waals surface area contributed by atoms with Crippen molar-refractivity contribution in [1.82, 2.24) is 0 Å². The molecule has 1 aromatic rings. The zero-order valence-electron chi connectivity index (χ0n) is 8.24. The average Bonchev–Trinajstić information content (AvgIpc) is 2.17. The van der Waals surface area contributed by atoms with Crippen LogP contribution in [0.2, 0.25) is 0 Å². The van der Waals surface area contributed by atoms with Gasteiger partial charge in [0.25, 0.3) is 0 Å². The molecule has 0 fully saturated rings. The van der Waals surface area contributed by atoms with Gasteiger partial charge in [0.15, 0.2) is 0 Å². The van der Waals surface area contributed by atoms with Gasteiger partial charge in [-0.15, -0.1) is 0 Å². The van der Waals surface area contributed by atoms with Crippen molar-refractivity contribution >= 4 is 9.84 Å². The van der Waals surface area contributed by atoms with Crippen molar-refractivity contribution in [2.24, 2.45) is 5.11 Å². The fraction of sp³-hybridized carbons (Fsp3) is 0.333. The third-order valence-corrected chi connectivity index (χ3v) is 2.76. The van der Waals surface area contributed by atoms with E-state index < -0.39 is 15.9 Å². The highest BCUT2D eigenvalue weighted by Crippen LogP contribution is 2.18. The van der Waals surface area contributed by atoms with E-state index >= 15 is 0 Å². The van der Waals surface area contributed by atoms with Crippen LogP contribution < -0.4 is 0 Å². The second-order valence-electron chi connectivity index (χ2n) is 3.22. The number of sulfone groups is 1. The molecule has 0 aliphatic heterocycles. The van der Waals surface area contributed by atoms with Crippen molar-refractivity contribution in [2.45, 2.75) is 6.04 Å². The SMILES string of the molecule is CS(=O)(=O)C[C@H](N=[N+]=[N-])c1ccccc1. The Morgan fingerprint density at radius 2 is 2.00 bits per heavy atom. The third-order valence-electron chi connectivity index (χ3n) is 1.84. The maximum absolute atomic E-state index is 11.1. The van der Waals surface area contributed by atoms with Crippen molar-refractivity contribution < 1.29 is 8.42 Å². The molecule has 0 bridgehead atoms. The predicted octanol–water partition coefficient (Wildman–Crippen LogP) is 2.08. The molecule has 0 heterocycles. The summed E-state index contributed by atoms with van der Waals surface area (Å²) in [4.78, 5) is 2.66. The molecule has 1 rings (SSSR count). The van der Waals surface area contributed by atoms with Gasteiger partial charge in [0.2, 0.25) is 0 Å². The smallest absolute Gasteiger partial charge is 0.148 e. The van der Waals surface area contributed by atoms with Crippen LogP contribution in [0.15, 0.2) is 35.4 Å². The minimum Gasteiger partial charge on any atom is -0.229 e. The van der Waals surface area contributed by atoms with E-state index in [9.17, 15) is 8.42 Å². The van der Waals surface area contributed by atoms with Crippen LogP contribution in [-0.4, -0.2) is 20.4 Å². The number of rotatable bonds is 4. The van der Waals surface area contributed by atoms with E-state index in [1.165, 1.54) is 0 Å². The van der Waals surface area contributed by atoms with E-state index in [2.05, 4.69) is 10.0 Å². The second kappa shape index (κ2) is 4.82. The molecule has 0 amide bonds. The van der Waals surface area contributed by atoms with E-state index in [1.54, 1.807) is 24.3 Å². The van der Waals surface area contributed by atoms with Crippen LogP contribution in [0.25, 0.3) is 10.4 Å². The summed E-state index contributed by atoms with van der Waals surface area (Å²) in [6.07, 6.45) is 1.12. The highest BCUT2D eigenvalue weighted by Gasteiger charge is 2.15. The Balaban J connectivity index is 2.99. The van der Waals surface area contributed by atoms with E-state index in [4.69, 9.17) is 5.53 Å². The first-order valence-corrected chi connectivity index (χ1v) is 6.36. The van der Waals surface area contributed by atoms with Crippen molar-refractivity contribution in [2.75, 3.05) is 12.0 Å². The lowest BCUT2D eigenvalue weighted by molar-refractivity contribution is 0.594. The molecule has 0 spiro atoms. The van der Waals surface area contributed by atoms with Crippen molar-refractivity contribution in [3.8, 4) is 0 Å². The molecule has 0 aliphatic carbocycles. The summed E-state index contributed by atoms with van der Waals surface area (Å²) in [7, 11) is -3.16. The van der Waals surface area contributed by atoms with Gasteiger partial charge in [0, 0.05) is 11.2 Å². The molecule has 0 saturated carbocycles. The first-order valence-electron chi connectivity index (χ1n) is 4.30. The molecule has 1 atom stereocenters. The zero-order valence-corrected chi connectivity index (χ0v) is 9.05. The molecule has 0 aromatic heterocycles. The van der Waals surface area contributed by atoms with Gasteiger partial charge in [-0.3, -0.25) is 0 Å². The zero-order chi connectivity index (χ0) is 11.3. The van der Waals surface area contributed by atoms with Crippen LogP contribution in [-0.2, 0) is 9.84 Å². The van der Waals surface area contributed by atoms with Gasteiger partial charge in [0.05, 0.1) is 11.8 Å². The Labute approximate surface area is 88.3 Å². The van der Waals surface area contributed by atoms with E-state index in [1.807, 2.05) is 6.07 Å². The molecule has 0 saturated heterocycles. The van der Waals surface area contributed by atoms with Gasteiger partial charge < -0.3 is 0 Å². The second-order valence-corrected chi connectivity index (χ2v) is 5.41. The topological polar surface area (TPSA) is 82.9 Å². The van der Waals surface area contributed by atoms with E-state index in [0.29, 0.717) is 5.56 Å². The largest absolute Gasteiger partial charge is 0.229 e. The van der Waals surface area contributed by atoms with Gasteiger partial charge in [-0.05, 0) is 11.1 Å². The lowest BCUT2D eigenvalue weighted by Crippen LogP contribution is -2.11.